The van der Waals surface area contributed by atoms with Crippen molar-refractivity contribution in [2.75, 3.05) is 5.32 Å². The summed E-state index contributed by atoms with van der Waals surface area (Å²) in [5.41, 5.74) is -0.406. The number of hydrogen-bond acceptors (Lipinski definition) is 2. The van der Waals surface area contributed by atoms with E-state index in [4.69, 9.17) is 11.6 Å². The first-order valence-corrected chi connectivity index (χ1v) is 5.33. The Morgan fingerprint density at radius 1 is 1.22 bits per heavy atom. The third kappa shape index (κ3) is 2.46. The molecule has 0 aliphatic heterocycles. The van der Waals surface area contributed by atoms with E-state index in [1.165, 1.54) is 24.4 Å². The lowest BCUT2D eigenvalue weighted by Gasteiger charge is -2.06. The van der Waals surface area contributed by atoms with Gasteiger partial charge in [-0.2, -0.15) is 0 Å². The van der Waals surface area contributed by atoms with Crippen LogP contribution in [-0.4, -0.2) is 10.9 Å². The highest BCUT2D eigenvalue weighted by Gasteiger charge is 2.16. The van der Waals surface area contributed by atoms with Gasteiger partial charge < -0.3 is 5.32 Å². The van der Waals surface area contributed by atoms with E-state index in [0.29, 0.717) is 0 Å². The van der Waals surface area contributed by atoms with Gasteiger partial charge in [-0.1, -0.05) is 17.7 Å². The summed E-state index contributed by atoms with van der Waals surface area (Å²) < 4.78 is 26.3. The molecule has 1 aromatic heterocycles. The topological polar surface area (TPSA) is 42.0 Å². The van der Waals surface area contributed by atoms with Crippen LogP contribution in [0, 0.1) is 11.6 Å². The summed E-state index contributed by atoms with van der Waals surface area (Å²) in [6.07, 6.45) is 1.42. The Morgan fingerprint density at radius 2 is 2.00 bits per heavy atom. The Bertz CT molecular complexity index is 604. The van der Waals surface area contributed by atoms with Crippen LogP contribution in [0.15, 0.2) is 36.5 Å². The maximum absolute atomic E-state index is 13.4. The van der Waals surface area contributed by atoms with Gasteiger partial charge in [0.25, 0.3) is 5.91 Å². The molecule has 18 heavy (non-hydrogen) atoms. The molecule has 2 aromatic rings. The number of pyridine rings is 1. The molecule has 1 amide bonds. The van der Waals surface area contributed by atoms with Crippen LogP contribution in [0.3, 0.4) is 0 Å². The molecule has 1 heterocycles. The molecule has 0 fully saturated rings. The van der Waals surface area contributed by atoms with E-state index < -0.39 is 23.1 Å². The molecule has 6 heteroatoms. The number of aromatic nitrogens is 1. The summed E-state index contributed by atoms with van der Waals surface area (Å²) >= 11 is 5.78. The Kier molecular flexibility index (Phi) is 3.53. The zero-order chi connectivity index (χ0) is 13.1. The Labute approximate surface area is 106 Å². The number of hydrogen-bond donors (Lipinski definition) is 1. The average molecular weight is 269 g/mol. The van der Waals surface area contributed by atoms with Crippen molar-refractivity contribution >= 4 is 23.3 Å². The molecule has 0 saturated carbocycles. The quantitative estimate of drug-likeness (QED) is 0.908. The van der Waals surface area contributed by atoms with Gasteiger partial charge in [-0.3, -0.25) is 4.79 Å². The lowest BCUT2D eigenvalue weighted by atomic mass is 10.2. The van der Waals surface area contributed by atoms with E-state index >= 15 is 0 Å². The monoisotopic (exact) mass is 268 g/mol. The van der Waals surface area contributed by atoms with Gasteiger partial charge in [0.2, 0.25) is 0 Å². The number of halogens is 3. The number of amides is 1. The van der Waals surface area contributed by atoms with Crippen LogP contribution in [0.4, 0.5) is 14.6 Å². The van der Waals surface area contributed by atoms with Crippen molar-refractivity contribution in [2.45, 2.75) is 0 Å². The molecule has 3 nitrogen and oxygen atoms in total. The number of nitrogens with one attached hydrogen (secondary N) is 1. The number of carbonyl (C=O) groups is 1. The van der Waals surface area contributed by atoms with Crippen LogP contribution in [0.2, 0.25) is 5.02 Å². The molecule has 92 valence electrons. The molecule has 1 N–H and O–H groups in total. The molecule has 1 aromatic carbocycles. The van der Waals surface area contributed by atoms with Crippen molar-refractivity contribution in [3.05, 3.63) is 58.7 Å². The number of anilines is 1. The fourth-order valence-corrected chi connectivity index (χ4v) is 1.50. The Morgan fingerprint density at radius 3 is 2.72 bits per heavy atom. The molecular formula is C12H7ClF2N2O. The van der Waals surface area contributed by atoms with E-state index in [0.717, 1.165) is 6.07 Å². The molecule has 0 aliphatic carbocycles. The van der Waals surface area contributed by atoms with Crippen molar-refractivity contribution in [1.29, 1.82) is 0 Å². The summed E-state index contributed by atoms with van der Waals surface area (Å²) in [6.45, 7) is 0. The molecular weight excluding hydrogens is 262 g/mol. The van der Waals surface area contributed by atoms with Gasteiger partial charge in [0.15, 0.2) is 17.5 Å². The average Bonchev–Trinajstić information content (AvgIpc) is 2.35. The fourth-order valence-electron chi connectivity index (χ4n) is 1.33. The number of nitrogens with zero attached hydrogens (tertiary/aromatic N) is 1. The van der Waals surface area contributed by atoms with Crippen molar-refractivity contribution in [2.24, 2.45) is 0 Å². The minimum Gasteiger partial charge on any atom is -0.305 e. The smallest absolute Gasteiger partial charge is 0.259 e. The molecule has 0 spiro atoms. The highest BCUT2D eigenvalue weighted by Crippen LogP contribution is 2.19. The third-order valence-corrected chi connectivity index (χ3v) is 2.49. The lowest BCUT2D eigenvalue weighted by Crippen LogP contribution is -2.15. The van der Waals surface area contributed by atoms with Gasteiger partial charge in [-0.05, 0) is 24.3 Å². The third-order valence-electron chi connectivity index (χ3n) is 2.19. The molecule has 2 rings (SSSR count). The maximum Gasteiger partial charge on any atom is 0.259 e. The molecule has 0 bridgehead atoms. The largest absolute Gasteiger partial charge is 0.305 e. The zero-order valence-corrected chi connectivity index (χ0v) is 9.71. The maximum atomic E-state index is 13.4. The minimum atomic E-state index is -1.21. The predicted molar refractivity (Wildman–Crippen MR) is 63.6 cm³/mol. The van der Waals surface area contributed by atoms with Gasteiger partial charge >= 0.3 is 0 Å². The second-order valence-electron chi connectivity index (χ2n) is 3.39. The molecule has 0 saturated heterocycles. The van der Waals surface area contributed by atoms with E-state index in [2.05, 4.69) is 10.3 Å². The van der Waals surface area contributed by atoms with Crippen LogP contribution in [0.1, 0.15) is 10.4 Å². The second-order valence-corrected chi connectivity index (χ2v) is 3.80. The summed E-state index contributed by atoms with van der Waals surface area (Å²) in [5.74, 6) is -3.02. The van der Waals surface area contributed by atoms with Crippen LogP contribution in [0.25, 0.3) is 0 Å². The first kappa shape index (κ1) is 12.4. The van der Waals surface area contributed by atoms with Crippen molar-refractivity contribution < 1.29 is 13.6 Å². The highest BCUT2D eigenvalue weighted by atomic mass is 35.5. The SMILES string of the molecule is O=C(Nc1ncccc1Cl)c1cccc(F)c1F. The number of carbonyl (C=O) groups excluding carboxylic acids is 1. The van der Waals surface area contributed by atoms with Gasteiger partial charge in [0, 0.05) is 6.20 Å². The van der Waals surface area contributed by atoms with E-state index in [1.807, 2.05) is 0 Å². The summed E-state index contributed by atoms with van der Waals surface area (Å²) in [6, 6.07) is 6.45. The first-order valence-electron chi connectivity index (χ1n) is 4.95. The normalized spacial score (nSPS) is 10.2. The van der Waals surface area contributed by atoms with Gasteiger partial charge in [0.05, 0.1) is 10.6 Å². The molecule has 0 atom stereocenters. The van der Waals surface area contributed by atoms with Crippen molar-refractivity contribution in [3.63, 3.8) is 0 Å². The molecule has 0 unspecified atom stereocenters. The van der Waals surface area contributed by atoms with Crippen LogP contribution < -0.4 is 5.32 Å². The molecule has 0 radical (unpaired) electrons. The fraction of sp³-hybridized carbons (Fsp3) is 0. The highest BCUT2D eigenvalue weighted by molar-refractivity contribution is 6.33. The second kappa shape index (κ2) is 5.10. The minimum absolute atomic E-state index is 0.0906. The summed E-state index contributed by atoms with van der Waals surface area (Å²) in [5, 5.41) is 2.52. The lowest BCUT2D eigenvalue weighted by molar-refractivity contribution is 0.102. The van der Waals surface area contributed by atoms with Crippen LogP contribution in [-0.2, 0) is 0 Å². The van der Waals surface area contributed by atoms with E-state index in [1.54, 1.807) is 6.07 Å². The van der Waals surface area contributed by atoms with Crippen LogP contribution in [0.5, 0.6) is 0 Å². The van der Waals surface area contributed by atoms with Crippen molar-refractivity contribution in [3.8, 4) is 0 Å². The van der Waals surface area contributed by atoms with E-state index in [-0.39, 0.29) is 10.8 Å². The van der Waals surface area contributed by atoms with Gasteiger partial charge in [-0.15, -0.1) is 0 Å². The molecule has 0 aliphatic rings. The van der Waals surface area contributed by atoms with Gasteiger partial charge in [0.1, 0.15) is 0 Å². The van der Waals surface area contributed by atoms with Gasteiger partial charge in [-0.25, -0.2) is 13.8 Å². The Hall–Kier alpha value is -2.01. The zero-order valence-electron chi connectivity index (χ0n) is 8.95. The predicted octanol–water partition coefficient (Wildman–Crippen LogP) is 3.27. The first-order chi connectivity index (χ1) is 8.59. The summed E-state index contributed by atoms with van der Waals surface area (Å²) in [7, 11) is 0. The standard InChI is InChI=1S/C12H7ClF2N2O/c13-8-4-2-6-16-11(8)17-12(18)7-3-1-5-9(14)10(7)15/h1-6H,(H,16,17,18). The van der Waals surface area contributed by atoms with E-state index in [9.17, 15) is 13.6 Å². The Balaban J connectivity index is 2.28. The summed E-state index contributed by atoms with van der Waals surface area (Å²) in [4.78, 5) is 15.5. The van der Waals surface area contributed by atoms with Crippen LogP contribution >= 0.6 is 11.6 Å². The number of rotatable bonds is 2. The number of benzene rings is 1. The van der Waals surface area contributed by atoms with Crippen molar-refractivity contribution in [1.82, 2.24) is 4.98 Å².